The van der Waals surface area contributed by atoms with Gasteiger partial charge in [0.15, 0.2) is 9.84 Å². The lowest BCUT2D eigenvalue weighted by Crippen LogP contribution is -2.13. The highest BCUT2D eigenvalue weighted by Gasteiger charge is 2.32. The average Bonchev–Trinajstić information content (AvgIpc) is 2.94. The summed E-state index contributed by atoms with van der Waals surface area (Å²) in [5.74, 6) is -0.419. The number of nitro benzene ring substituents is 1. The van der Waals surface area contributed by atoms with Crippen LogP contribution in [0.25, 0.3) is 0 Å². The van der Waals surface area contributed by atoms with Crippen LogP contribution in [0.15, 0.2) is 17.2 Å². The van der Waals surface area contributed by atoms with E-state index in [-0.39, 0.29) is 33.0 Å². The van der Waals surface area contributed by atoms with Crippen LogP contribution in [0.4, 0.5) is 5.69 Å². The van der Waals surface area contributed by atoms with E-state index in [0.29, 0.717) is 13.2 Å². The van der Waals surface area contributed by atoms with Crippen LogP contribution in [-0.4, -0.2) is 41.8 Å². The zero-order valence-corrected chi connectivity index (χ0v) is 16.6. The van der Waals surface area contributed by atoms with Gasteiger partial charge in [-0.1, -0.05) is 0 Å². The number of aryl methyl sites for hydroxylation is 2. The maximum absolute atomic E-state index is 13.1. The monoisotopic (exact) mass is 395 g/mol. The van der Waals surface area contributed by atoms with Gasteiger partial charge in [-0.3, -0.25) is 14.9 Å². The van der Waals surface area contributed by atoms with Crippen molar-refractivity contribution in [2.75, 3.05) is 12.9 Å². The molecule has 0 aliphatic carbocycles. The van der Waals surface area contributed by atoms with Crippen LogP contribution in [0, 0.1) is 24.0 Å². The van der Waals surface area contributed by atoms with Gasteiger partial charge < -0.3 is 4.74 Å². The lowest BCUT2D eigenvalue weighted by atomic mass is 9.98. The van der Waals surface area contributed by atoms with Crippen LogP contribution in [0.2, 0.25) is 0 Å². The molecule has 1 aromatic carbocycles. The third kappa shape index (κ3) is 3.70. The van der Waals surface area contributed by atoms with E-state index in [1.54, 1.807) is 6.92 Å². The third-order valence-electron chi connectivity index (χ3n) is 4.08. The Kier molecular flexibility index (Phi) is 5.69. The number of nitro groups is 1. The molecular formula is C17H21N3O6S. The van der Waals surface area contributed by atoms with Crippen molar-refractivity contribution >= 4 is 21.3 Å². The second-order valence-electron chi connectivity index (χ2n) is 6.01. The van der Waals surface area contributed by atoms with Crippen LogP contribution in [0.5, 0.6) is 5.88 Å². The van der Waals surface area contributed by atoms with Crippen LogP contribution < -0.4 is 4.74 Å². The maximum Gasteiger partial charge on any atom is 0.284 e. The van der Waals surface area contributed by atoms with Gasteiger partial charge in [-0.15, -0.1) is 0 Å². The molecule has 9 nitrogen and oxygen atoms in total. The SMILES string of the molecule is CCOc1c(C(=O)c2cc(C)c(S(C)(=O)=O)c(C)c2[N+](=O)[O-])cnn1CC. The number of carbonyl (C=O) groups excluding carboxylic acids is 1. The average molecular weight is 395 g/mol. The molecule has 2 aromatic rings. The molecule has 10 heteroatoms. The van der Waals surface area contributed by atoms with Crippen molar-refractivity contribution in [3.8, 4) is 5.88 Å². The number of nitrogens with zero attached hydrogens (tertiary/aromatic N) is 3. The molecular weight excluding hydrogens is 374 g/mol. The molecule has 0 unspecified atom stereocenters. The number of carbonyl (C=O) groups is 1. The molecule has 0 amide bonds. The molecule has 0 saturated carbocycles. The van der Waals surface area contributed by atoms with E-state index < -0.39 is 26.2 Å². The Morgan fingerprint density at radius 2 is 1.93 bits per heavy atom. The predicted octanol–water partition coefficient (Wildman–Crippen LogP) is 2.46. The van der Waals surface area contributed by atoms with Crippen molar-refractivity contribution in [1.29, 1.82) is 0 Å². The van der Waals surface area contributed by atoms with Gasteiger partial charge in [0.1, 0.15) is 11.1 Å². The predicted molar refractivity (Wildman–Crippen MR) is 98.2 cm³/mol. The van der Waals surface area contributed by atoms with E-state index in [1.165, 1.54) is 30.8 Å². The lowest BCUT2D eigenvalue weighted by Gasteiger charge is -2.12. The van der Waals surface area contributed by atoms with Gasteiger partial charge in [-0.2, -0.15) is 5.10 Å². The van der Waals surface area contributed by atoms with Crippen LogP contribution in [0.1, 0.15) is 40.9 Å². The van der Waals surface area contributed by atoms with Crippen molar-refractivity contribution in [2.24, 2.45) is 0 Å². The fourth-order valence-corrected chi connectivity index (χ4v) is 4.42. The molecule has 0 radical (unpaired) electrons. The summed E-state index contributed by atoms with van der Waals surface area (Å²) in [6.07, 6.45) is 2.28. The fourth-order valence-electron chi connectivity index (χ4n) is 3.12. The van der Waals surface area contributed by atoms with Crippen molar-refractivity contribution in [1.82, 2.24) is 9.78 Å². The topological polar surface area (TPSA) is 121 Å². The van der Waals surface area contributed by atoms with Crippen LogP contribution in [0.3, 0.4) is 0 Å². The van der Waals surface area contributed by atoms with Crippen molar-refractivity contribution in [3.63, 3.8) is 0 Å². The summed E-state index contributed by atoms with van der Waals surface area (Å²) in [6.45, 7) is 7.15. The van der Waals surface area contributed by atoms with E-state index in [4.69, 9.17) is 4.74 Å². The highest BCUT2D eigenvalue weighted by atomic mass is 32.2. The highest BCUT2D eigenvalue weighted by Crippen LogP contribution is 2.34. The number of rotatable bonds is 7. The Labute approximate surface area is 157 Å². The first kappa shape index (κ1) is 20.6. The summed E-state index contributed by atoms with van der Waals surface area (Å²) in [7, 11) is -3.70. The zero-order valence-electron chi connectivity index (χ0n) is 15.8. The van der Waals surface area contributed by atoms with E-state index in [0.717, 1.165) is 6.26 Å². The molecule has 0 fully saturated rings. The molecule has 0 atom stereocenters. The standard InChI is InChI=1S/C17H21N3O6S/c1-6-19-17(26-7-2)13(9-18-19)15(21)12-8-10(3)16(27(5,24)25)11(4)14(12)20(22)23/h8-9H,6-7H2,1-5H3. The number of ether oxygens (including phenoxy) is 1. The van der Waals surface area contributed by atoms with Gasteiger partial charge >= 0.3 is 0 Å². The summed E-state index contributed by atoms with van der Waals surface area (Å²) in [5, 5.41) is 15.7. The van der Waals surface area contributed by atoms with E-state index in [9.17, 15) is 23.3 Å². The van der Waals surface area contributed by atoms with Crippen LogP contribution >= 0.6 is 0 Å². The first-order chi connectivity index (χ1) is 12.5. The van der Waals surface area contributed by atoms with Gasteiger partial charge in [0, 0.05) is 18.4 Å². The Balaban J connectivity index is 2.78. The molecule has 0 aliphatic rings. The fraction of sp³-hybridized carbons (Fsp3) is 0.412. The van der Waals surface area contributed by atoms with Gasteiger partial charge in [-0.05, 0) is 39.3 Å². The molecule has 1 heterocycles. The van der Waals surface area contributed by atoms with Gasteiger partial charge in [0.05, 0.1) is 22.6 Å². The molecule has 27 heavy (non-hydrogen) atoms. The van der Waals surface area contributed by atoms with Gasteiger partial charge in [-0.25, -0.2) is 13.1 Å². The lowest BCUT2D eigenvalue weighted by molar-refractivity contribution is -0.385. The quantitative estimate of drug-likeness (QED) is 0.401. The van der Waals surface area contributed by atoms with Gasteiger partial charge in [0.2, 0.25) is 11.7 Å². The molecule has 0 aliphatic heterocycles. The van der Waals surface area contributed by atoms with E-state index >= 15 is 0 Å². The minimum atomic E-state index is -3.70. The minimum absolute atomic E-state index is 0.0632. The van der Waals surface area contributed by atoms with Crippen molar-refractivity contribution < 1.29 is 22.9 Å². The maximum atomic E-state index is 13.1. The summed E-state index contributed by atoms with van der Waals surface area (Å²) >= 11 is 0. The smallest absolute Gasteiger partial charge is 0.284 e. The number of aromatic nitrogens is 2. The molecule has 146 valence electrons. The first-order valence-corrected chi connectivity index (χ1v) is 10.2. The second-order valence-corrected chi connectivity index (χ2v) is 7.97. The summed E-state index contributed by atoms with van der Waals surface area (Å²) in [6, 6.07) is 1.24. The highest BCUT2D eigenvalue weighted by molar-refractivity contribution is 7.90. The van der Waals surface area contributed by atoms with E-state index in [1.807, 2.05) is 6.92 Å². The van der Waals surface area contributed by atoms with Crippen LogP contribution in [-0.2, 0) is 16.4 Å². The normalized spacial score (nSPS) is 11.4. The van der Waals surface area contributed by atoms with Gasteiger partial charge in [0.25, 0.3) is 5.69 Å². The Hall–Kier alpha value is -2.75. The molecule has 0 N–H and O–H groups in total. The Morgan fingerprint density at radius 1 is 1.30 bits per heavy atom. The second kappa shape index (κ2) is 7.47. The number of ketones is 1. The number of hydrogen-bond acceptors (Lipinski definition) is 7. The number of sulfone groups is 1. The molecule has 0 bridgehead atoms. The molecule has 0 spiro atoms. The minimum Gasteiger partial charge on any atom is -0.478 e. The molecule has 0 saturated heterocycles. The molecule has 2 rings (SSSR count). The Morgan fingerprint density at radius 3 is 2.41 bits per heavy atom. The molecule has 1 aromatic heterocycles. The Bertz CT molecular complexity index is 1020. The summed E-state index contributed by atoms with van der Waals surface area (Å²) in [5.41, 5.74) is -0.430. The first-order valence-electron chi connectivity index (χ1n) is 8.26. The van der Waals surface area contributed by atoms with Crippen molar-refractivity contribution in [2.45, 2.75) is 39.1 Å². The number of benzene rings is 1. The largest absolute Gasteiger partial charge is 0.478 e. The summed E-state index contributed by atoms with van der Waals surface area (Å²) < 4.78 is 31.1. The number of hydrogen-bond donors (Lipinski definition) is 0. The van der Waals surface area contributed by atoms with Crippen molar-refractivity contribution in [3.05, 3.63) is 44.6 Å². The zero-order chi connectivity index (χ0) is 20.5. The van der Waals surface area contributed by atoms with E-state index in [2.05, 4.69) is 5.10 Å². The summed E-state index contributed by atoms with van der Waals surface area (Å²) in [4.78, 5) is 23.8. The third-order valence-corrected chi connectivity index (χ3v) is 5.45.